The second kappa shape index (κ2) is 5.90. The minimum Gasteiger partial charge on any atom is -0.381 e. The molecule has 148 valence electrons. The Balaban J connectivity index is 1.81. The molecule has 0 aromatic carbocycles. The van der Waals surface area contributed by atoms with E-state index in [1.807, 2.05) is 13.8 Å². The molecule has 0 spiro atoms. The van der Waals surface area contributed by atoms with Crippen LogP contribution < -0.4 is 0 Å². The van der Waals surface area contributed by atoms with E-state index in [9.17, 15) is 14.7 Å². The molecule has 3 saturated carbocycles. The number of alkyl halides is 3. The normalized spacial score (nSPS) is 51.3. The Labute approximate surface area is 169 Å². The highest BCUT2D eigenvalue weighted by Crippen LogP contribution is 2.71. The Morgan fingerprint density at radius 1 is 1.33 bits per heavy atom. The number of halogens is 3. The number of hydrogen-bond acceptors (Lipinski definition) is 3. The van der Waals surface area contributed by atoms with E-state index in [2.05, 4.69) is 0 Å². The third kappa shape index (κ3) is 2.18. The van der Waals surface area contributed by atoms with Crippen LogP contribution in [0.5, 0.6) is 0 Å². The van der Waals surface area contributed by atoms with E-state index in [-0.39, 0.29) is 29.9 Å². The van der Waals surface area contributed by atoms with Gasteiger partial charge in [-0.15, -0.1) is 23.2 Å². The van der Waals surface area contributed by atoms with Gasteiger partial charge in [-0.3, -0.25) is 9.59 Å². The Bertz CT molecular complexity index is 779. The lowest BCUT2D eigenvalue weighted by molar-refractivity contribution is -0.163. The van der Waals surface area contributed by atoms with Gasteiger partial charge in [0.1, 0.15) is 11.8 Å². The summed E-state index contributed by atoms with van der Waals surface area (Å²) in [4.78, 5) is 23.1. The van der Waals surface area contributed by atoms with Crippen LogP contribution in [0.1, 0.15) is 46.0 Å². The minimum absolute atomic E-state index is 0.0153. The molecular formula is C21H25Cl2FO3. The molecule has 1 N–H and O–H groups in total. The summed E-state index contributed by atoms with van der Waals surface area (Å²) in [5.41, 5.74) is -2.34. The SMILES string of the molecule is C[C@]12C=CC(=O)C=C1CC[C@H]1[C@@H]3CC[C@](O)(C(=O)CCl)[C@@]3(C)C[C@H](F)[C@@]12Cl. The highest BCUT2D eigenvalue weighted by Gasteiger charge is 2.73. The fraction of sp³-hybridized carbons (Fsp3) is 0.714. The smallest absolute Gasteiger partial charge is 0.179 e. The topological polar surface area (TPSA) is 54.4 Å². The lowest BCUT2D eigenvalue weighted by Crippen LogP contribution is -2.67. The molecule has 7 atom stereocenters. The van der Waals surface area contributed by atoms with Gasteiger partial charge < -0.3 is 5.11 Å². The second-order valence-corrected chi connectivity index (χ2v) is 10.1. The number of rotatable bonds is 2. The maximum Gasteiger partial charge on any atom is 0.179 e. The van der Waals surface area contributed by atoms with E-state index in [0.717, 1.165) is 5.57 Å². The van der Waals surface area contributed by atoms with Crippen molar-refractivity contribution in [2.24, 2.45) is 22.7 Å². The number of aliphatic hydroxyl groups is 1. The van der Waals surface area contributed by atoms with E-state index >= 15 is 4.39 Å². The zero-order valence-electron chi connectivity index (χ0n) is 15.6. The lowest BCUT2D eigenvalue weighted by atomic mass is 9.46. The van der Waals surface area contributed by atoms with Crippen molar-refractivity contribution in [1.82, 2.24) is 0 Å². The van der Waals surface area contributed by atoms with Crippen LogP contribution in [0.2, 0.25) is 0 Å². The van der Waals surface area contributed by atoms with E-state index in [0.29, 0.717) is 25.7 Å². The van der Waals surface area contributed by atoms with Crippen molar-refractivity contribution in [3.8, 4) is 0 Å². The molecule has 0 aromatic rings. The first-order valence-corrected chi connectivity index (χ1v) is 10.5. The van der Waals surface area contributed by atoms with Crippen molar-refractivity contribution < 1.29 is 19.1 Å². The minimum atomic E-state index is -1.60. The van der Waals surface area contributed by atoms with Gasteiger partial charge in [-0.25, -0.2) is 4.39 Å². The maximum atomic E-state index is 15.9. The molecule has 4 rings (SSSR count). The zero-order chi connectivity index (χ0) is 19.8. The van der Waals surface area contributed by atoms with Gasteiger partial charge >= 0.3 is 0 Å². The van der Waals surface area contributed by atoms with Crippen molar-refractivity contribution in [2.75, 3.05) is 5.88 Å². The maximum absolute atomic E-state index is 15.9. The average molecular weight is 415 g/mol. The quantitative estimate of drug-likeness (QED) is 0.690. The summed E-state index contributed by atoms with van der Waals surface area (Å²) in [6.45, 7) is 3.74. The number of hydrogen-bond donors (Lipinski definition) is 1. The molecule has 0 heterocycles. The highest BCUT2D eigenvalue weighted by molar-refractivity contribution is 6.29. The average Bonchev–Trinajstić information content (AvgIpc) is 2.88. The summed E-state index contributed by atoms with van der Waals surface area (Å²) in [7, 11) is 0. The van der Waals surface area contributed by atoms with Gasteiger partial charge in [0.15, 0.2) is 11.6 Å². The molecule has 3 fully saturated rings. The number of allylic oxidation sites excluding steroid dienone is 4. The standard InChI is InChI=1S/C21H25Cl2FO3/c1-18-7-5-13(25)9-12(18)3-4-15-14-6-8-20(27,17(26)11-22)19(14,2)10-16(24)21(15,18)23/h5,7,9,14-16,27H,3-4,6,8,10-11H2,1-2H3/t14-,15-,16-,18-,19-,20-,21-/m0/s1. The molecular weight excluding hydrogens is 390 g/mol. The number of ketones is 2. The zero-order valence-corrected chi connectivity index (χ0v) is 17.1. The number of carbonyl (C=O) groups excluding carboxylic acids is 2. The third-order valence-electron chi connectivity index (χ3n) is 8.33. The van der Waals surface area contributed by atoms with Crippen LogP contribution in [-0.2, 0) is 9.59 Å². The molecule has 0 bridgehead atoms. The van der Waals surface area contributed by atoms with E-state index in [1.54, 1.807) is 12.2 Å². The van der Waals surface area contributed by atoms with Crippen LogP contribution in [0, 0.1) is 22.7 Å². The highest BCUT2D eigenvalue weighted by atomic mass is 35.5. The Morgan fingerprint density at radius 3 is 2.70 bits per heavy atom. The third-order valence-corrected chi connectivity index (χ3v) is 9.48. The summed E-state index contributed by atoms with van der Waals surface area (Å²) in [6, 6.07) is 0. The van der Waals surface area contributed by atoms with Gasteiger partial charge in [-0.2, -0.15) is 0 Å². The Kier molecular flexibility index (Phi) is 4.28. The van der Waals surface area contributed by atoms with Crippen molar-refractivity contribution in [3.05, 3.63) is 23.8 Å². The summed E-state index contributed by atoms with van der Waals surface area (Å²) < 4.78 is 15.9. The van der Waals surface area contributed by atoms with Gasteiger partial charge in [-0.1, -0.05) is 25.5 Å². The Morgan fingerprint density at radius 2 is 2.04 bits per heavy atom. The monoisotopic (exact) mass is 414 g/mol. The van der Waals surface area contributed by atoms with E-state index < -0.39 is 33.3 Å². The predicted molar refractivity (Wildman–Crippen MR) is 103 cm³/mol. The molecule has 0 amide bonds. The van der Waals surface area contributed by atoms with Gasteiger partial charge in [0, 0.05) is 10.8 Å². The van der Waals surface area contributed by atoms with Crippen molar-refractivity contribution >= 4 is 34.8 Å². The summed E-state index contributed by atoms with van der Waals surface area (Å²) in [5, 5.41) is 11.2. The molecule has 0 aromatic heterocycles. The summed E-state index contributed by atoms with van der Waals surface area (Å²) >= 11 is 12.9. The van der Waals surface area contributed by atoms with Gasteiger partial charge in [0.05, 0.1) is 10.8 Å². The van der Waals surface area contributed by atoms with Crippen LogP contribution in [0.15, 0.2) is 23.8 Å². The lowest BCUT2D eigenvalue weighted by Gasteiger charge is -2.63. The molecule has 0 radical (unpaired) electrons. The summed E-state index contributed by atoms with van der Waals surface area (Å²) in [6.07, 6.45) is 5.70. The van der Waals surface area contributed by atoms with Crippen molar-refractivity contribution in [1.29, 1.82) is 0 Å². The second-order valence-electron chi connectivity index (χ2n) is 9.17. The molecule has 27 heavy (non-hydrogen) atoms. The van der Waals surface area contributed by atoms with Crippen LogP contribution in [-0.4, -0.2) is 39.2 Å². The van der Waals surface area contributed by atoms with Crippen LogP contribution >= 0.6 is 23.2 Å². The summed E-state index contributed by atoms with van der Waals surface area (Å²) in [5.74, 6) is -1.04. The van der Waals surface area contributed by atoms with E-state index in [1.165, 1.54) is 6.08 Å². The van der Waals surface area contributed by atoms with Crippen molar-refractivity contribution in [3.63, 3.8) is 0 Å². The van der Waals surface area contributed by atoms with Crippen LogP contribution in [0.4, 0.5) is 4.39 Å². The fourth-order valence-electron chi connectivity index (χ4n) is 6.72. The largest absolute Gasteiger partial charge is 0.381 e. The van der Waals surface area contributed by atoms with E-state index in [4.69, 9.17) is 23.2 Å². The molecule has 6 heteroatoms. The molecule has 0 unspecified atom stereocenters. The van der Waals surface area contributed by atoms with Crippen LogP contribution in [0.25, 0.3) is 0 Å². The molecule has 0 saturated heterocycles. The first-order valence-electron chi connectivity index (χ1n) is 9.63. The van der Waals surface area contributed by atoms with Gasteiger partial charge in [0.25, 0.3) is 0 Å². The van der Waals surface area contributed by atoms with Crippen LogP contribution in [0.3, 0.4) is 0 Å². The number of fused-ring (bicyclic) bond motifs is 5. The molecule has 0 aliphatic heterocycles. The van der Waals surface area contributed by atoms with Crippen molar-refractivity contribution in [2.45, 2.75) is 62.6 Å². The molecule has 4 aliphatic carbocycles. The Hall–Kier alpha value is -0.710. The fourth-order valence-corrected chi connectivity index (χ4v) is 7.46. The first-order chi connectivity index (χ1) is 12.5. The van der Waals surface area contributed by atoms with Gasteiger partial charge in [0.2, 0.25) is 0 Å². The first kappa shape index (κ1) is 19.6. The molecule has 4 aliphatic rings. The van der Waals surface area contributed by atoms with Gasteiger partial charge in [-0.05, 0) is 56.1 Å². The number of Topliss-reactive ketones (excluding diaryl/α,β-unsaturated/α-hetero) is 1. The molecule has 3 nitrogen and oxygen atoms in total. The number of carbonyl (C=O) groups is 2. The predicted octanol–water partition coefficient (Wildman–Crippen LogP) is 4.14.